The molecule has 4 rings (SSSR count). The number of hydrogen-bond donors (Lipinski definition) is 1. The summed E-state index contributed by atoms with van der Waals surface area (Å²) in [7, 11) is 1.62. The molecule has 2 aromatic carbocycles. The zero-order valence-corrected chi connectivity index (χ0v) is 17.8. The third-order valence-electron chi connectivity index (χ3n) is 5.43. The van der Waals surface area contributed by atoms with E-state index >= 15 is 0 Å². The van der Waals surface area contributed by atoms with Crippen LogP contribution in [0.2, 0.25) is 0 Å². The summed E-state index contributed by atoms with van der Waals surface area (Å²) in [5, 5.41) is 5.00. The van der Waals surface area contributed by atoms with E-state index in [1.807, 2.05) is 73.0 Å². The zero-order chi connectivity index (χ0) is 21.1. The summed E-state index contributed by atoms with van der Waals surface area (Å²) < 4.78 is 5.18. The molecule has 1 N–H and O–H groups in total. The van der Waals surface area contributed by atoms with Crippen molar-refractivity contribution in [2.24, 2.45) is 5.92 Å². The van der Waals surface area contributed by atoms with Crippen LogP contribution in [0.15, 0.2) is 66.0 Å². The van der Waals surface area contributed by atoms with E-state index in [1.165, 1.54) is 0 Å². The third kappa shape index (κ3) is 4.09. The monoisotopic (exact) mass is 420 g/mol. The van der Waals surface area contributed by atoms with Gasteiger partial charge < -0.3 is 15.0 Å². The van der Waals surface area contributed by atoms with Gasteiger partial charge in [0.05, 0.1) is 19.1 Å². The highest BCUT2D eigenvalue weighted by molar-refractivity contribution is 7.10. The Bertz CT molecular complexity index is 1010. The first-order valence-electron chi connectivity index (χ1n) is 9.89. The van der Waals surface area contributed by atoms with Crippen LogP contribution in [-0.4, -0.2) is 18.9 Å². The predicted molar refractivity (Wildman–Crippen MR) is 119 cm³/mol. The average molecular weight is 421 g/mol. The summed E-state index contributed by atoms with van der Waals surface area (Å²) in [6.07, 6.45) is 0.199. The van der Waals surface area contributed by atoms with Gasteiger partial charge in [-0.2, -0.15) is 0 Å². The van der Waals surface area contributed by atoms with E-state index in [-0.39, 0.29) is 24.3 Å². The molecule has 30 heavy (non-hydrogen) atoms. The van der Waals surface area contributed by atoms with Crippen molar-refractivity contribution in [1.29, 1.82) is 0 Å². The SMILES string of the molecule is COc1ccc(CNC(=O)C2CC(=O)N(c3ccc(C)cc3)C2c2cccs2)cc1. The van der Waals surface area contributed by atoms with E-state index < -0.39 is 5.92 Å². The number of nitrogens with zero attached hydrogens (tertiary/aromatic N) is 1. The number of hydrogen-bond acceptors (Lipinski definition) is 4. The van der Waals surface area contributed by atoms with Crippen LogP contribution in [-0.2, 0) is 16.1 Å². The normalized spacial score (nSPS) is 18.5. The summed E-state index contributed by atoms with van der Waals surface area (Å²) >= 11 is 1.58. The zero-order valence-electron chi connectivity index (χ0n) is 17.0. The van der Waals surface area contributed by atoms with E-state index in [0.717, 1.165) is 27.4 Å². The Morgan fingerprint density at radius 3 is 2.50 bits per heavy atom. The Labute approximate surface area is 180 Å². The summed E-state index contributed by atoms with van der Waals surface area (Å²) in [5.74, 6) is 0.211. The summed E-state index contributed by atoms with van der Waals surface area (Å²) in [6.45, 7) is 2.43. The maximum absolute atomic E-state index is 13.1. The maximum Gasteiger partial charge on any atom is 0.228 e. The lowest BCUT2D eigenvalue weighted by Crippen LogP contribution is -2.35. The van der Waals surface area contributed by atoms with Crippen LogP contribution in [0.3, 0.4) is 0 Å². The van der Waals surface area contributed by atoms with Crippen LogP contribution in [0.25, 0.3) is 0 Å². The molecule has 5 nitrogen and oxygen atoms in total. The molecule has 1 saturated heterocycles. The van der Waals surface area contributed by atoms with Crippen molar-refractivity contribution in [1.82, 2.24) is 5.32 Å². The van der Waals surface area contributed by atoms with Crippen molar-refractivity contribution in [3.8, 4) is 5.75 Å². The van der Waals surface area contributed by atoms with Crippen LogP contribution in [0.4, 0.5) is 5.69 Å². The fraction of sp³-hybridized carbons (Fsp3) is 0.250. The quantitative estimate of drug-likeness (QED) is 0.640. The number of benzene rings is 2. The molecule has 0 aliphatic carbocycles. The van der Waals surface area contributed by atoms with Crippen LogP contribution < -0.4 is 15.0 Å². The number of anilines is 1. The molecule has 0 bridgehead atoms. The molecule has 0 radical (unpaired) electrons. The van der Waals surface area contributed by atoms with Crippen molar-refractivity contribution in [2.45, 2.75) is 25.9 Å². The van der Waals surface area contributed by atoms with Gasteiger partial charge in [0.1, 0.15) is 5.75 Å². The first kappa shape index (κ1) is 20.2. The smallest absolute Gasteiger partial charge is 0.228 e. The Morgan fingerprint density at radius 1 is 1.13 bits per heavy atom. The van der Waals surface area contributed by atoms with Crippen molar-refractivity contribution in [3.63, 3.8) is 0 Å². The molecule has 2 heterocycles. The van der Waals surface area contributed by atoms with Gasteiger partial charge in [0.2, 0.25) is 11.8 Å². The minimum absolute atomic E-state index is 0.0261. The van der Waals surface area contributed by atoms with Crippen molar-refractivity contribution in [3.05, 3.63) is 82.0 Å². The second kappa shape index (κ2) is 8.71. The van der Waals surface area contributed by atoms with Gasteiger partial charge in [-0.15, -0.1) is 11.3 Å². The highest BCUT2D eigenvalue weighted by Crippen LogP contribution is 2.43. The number of thiophene rings is 1. The molecule has 2 atom stereocenters. The minimum Gasteiger partial charge on any atom is -0.497 e. The molecule has 3 aromatic rings. The van der Waals surface area contributed by atoms with Crippen molar-refractivity contribution in [2.75, 3.05) is 12.0 Å². The van der Waals surface area contributed by atoms with Crippen molar-refractivity contribution >= 4 is 28.8 Å². The largest absolute Gasteiger partial charge is 0.497 e. The molecule has 154 valence electrons. The second-order valence-corrected chi connectivity index (χ2v) is 8.42. The molecule has 1 fully saturated rings. The fourth-order valence-corrected chi connectivity index (χ4v) is 4.71. The van der Waals surface area contributed by atoms with Crippen LogP contribution in [0.5, 0.6) is 5.75 Å². The molecule has 6 heteroatoms. The second-order valence-electron chi connectivity index (χ2n) is 7.44. The lowest BCUT2D eigenvalue weighted by molar-refractivity contribution is -0.126. The highest BCUT2D eigenvalue weighted by Gasteiger charge is 2.45. The van der Waals surface area contributed by atoms with Gasteiger partial charge in [0.15, 0.2) is 0 Å². The molecule has 1 aliphatic heterocycles. The fourth-order valence-electron chi connectivity index (χ4n) is 3.83. The molecule has 0 spiro atoms. The predicted octanol–water partition coefficient (Wildman–Crippen LogP) is 4.48. The summed E-state index contributed by atoms with van der Waals surface area (Å²) in [6, 6.07) is 19.1. The molecule has 2 amide bonds. The number of carbonyl (C=O) groups excluding carboxylic acids is 2. The molecule has 1 aromatic heterocycles. The number of carbonyl (C=O) groups is 2. The number of nitrogens with one attached hydrogen (secondary N) is 1. The minimum atomic E-state index is -0.435. The number of amides is 2. The summed E-state index contributed by atoms with van der Waals surface area (Å²) in [5.41, 5.74) is 2.94. The molecule has 1 aliphatic rings. The summed E-state index contributed by atoms with van der Waals surface area (Å²) in [4.78, 5) is 28.9. The van der Waals surface area contributed by atoms with Crippen LogP contribution >= 0.6 is 11.3 Å². The molecular formula is C24H24N2O3S. The van der Waals surface area contributed by atoms with Crippen LogP contribution in [0, 0.1) is 12.8 Å². The lowest BCUT2D eigenvalue weighted by Gasteiger charge is -2.27. The van der Waals surface area contributed by atoms with Gasteiger partial charge in [-0.1, -0.05) is 35.9 Å². The van der Waals surface area contributed by atoms with E-state index in [9.17, 15) is 9.59 Å². The van der Waals surface area contributed by atoms with Gasteiger partial charge in [0.25, 0.3) is 0 Å². The number of rotatable bonds is 6. The van der Waals surface area contributed by atoms with E-state index in [1.54, 1.807) is 23.3 Å². The topological polar surface area (TPSA) is 58.6 Å². The van der Waals surface area contributed by atoms with Gasteiger partial charge in [-0.05, 0) is 48.2 Å². The first-order valence-corrected chi connectivity index (χ1v) is 10.8. The number of methoxy groups -OCH3 is 1. The van der Waals surface area contributed by atoms with Gasteiger partial charge in [-0.25, -0.2) is 0 Å². The van der Waals surface area contributed by atoms with Gasteiger partial charge in [0, 0.05) is 23.5 Å². The number of ether oxygens (including phenoxy) is 1. The van der Waals surface area contributed by atoms with Crippen LogP contribution in [0.1, 0.15) is 28.5 Å². The Hall–Kier alpha value is -3.12. The number of aryl methyl sites for hydroxylation is 1. The van der Waals surface area contributed by atoms with E-state index in [2.05, 4.69) is 5.32 Å². The van der Waals surface area contributed by atoms with Gasteiger partial charge >= 0.3 is 0 Å². The van der Waals surface area contributed by atoms with E-state index in [4.69, 9.17) is 4.74 Å². The Morgan fingerprint density at radius 2 is 1.87 bits per heavy atom. The highest BCUT2D eigenvalue weighted by atomic mass is 32.1. The average Bonchev–Trinajstić information content (AvgIpc) is 3.41. The molecular weight excluding hydrogens is 396 g/mol. The molecule has 0 saturated carbocycles. The van der Waals surface area contributed by atoms with E-state index in [0.29, 0.717) is 6.54 Å². The first-order chi connectivity index (χ1) is 14.6. The molecule has 2 unspecified atom stereocenters. The Kier molecular flexibility index (Phi) is 5.86. The lowest BCUT2D eigenvalue weighted by atomic mass is 9.97. The maximum atomic E-state index is 13.1. The van der Waals surface area contributed by atoms with Gasteiger partial charge in [-0.3, -0.25) is 9.59 Å². The third-order valence-corrected chi connectivity index (χ3v) is 6.37. The van der Waals surface area contributed by atoms with Crippen molar-refractivity contribution < 1.29 is 14.3 Å². The Balaban J connectivity index is 1.55. The standard InChI is InChI=1S/C24H24N2O3S/c1-16-5-9-18(10-6-16)26-22(27)14-20(23(26)21-4-3-13-30-21)24(28)25-15-17-7-11-19(29-2)12-8-17/h3-13,20,23H,14-15H2,1-2H3,(H,25,28).